The van der Waals surface area contributed by atoms with Crippen LogP contribution in [-0.4, -0.2) is 36.2 Å². The van der Waals surface area contributed by atoms with E-state index in [1.165, 1.54) is 12.0 Å². The molecule has 0 atom stereocenters. The number of carbonyl (C=O) groups excluding carboxylic acids is 1. The molecule has 0 spiro atoms. The first-order valence-corrected chi connectivity index (χ1v) is 9.54. The molecule has 0 aliphatic carbocycles. The summed E-state index contributed by atoms with van der Waals surface area (Å²) in [6, 6.07) is 6.82. The van der Waals surface area contributed by atoms with E-state index in [1.54, 1.807) is 24.3 Å². The second-order valence-electron chi connectivity index (χ2n) is 7.48. The van der Waals surface area contributed by atoms with Crippen LogP contribution in [0.4, 0.5) is 36.8 Å². The van der Waals surface area contributed by atoms with Crippen molar-refractivity contribution in [3.05, 3.63) is 59.2 Å². The van der Waals surface area contributed by atoms with Gasteiger partial charge in [-0.05, 0) is 48.7 Å². The van der Waals surface area contributed by atoms with E-state index in [2.05, 4.69) is 5.32 Å². The number of aliphatic hydroxyl groups is 1. The highest BCUT2D eigenvalue weighted by Gasteiger charge is 2.38. The molecule has 1 saturated heterocycles. The summed E-state index contributed by atoms with van der Waals surface area (Å²) >= 11 is 0. The molecule has 2 N–H and O–H groups in total. The molecule has 0 bridgehead atoms. The number of benzene rings is 2. The number of methoxy groups -OCH3 is 1. The summed E-state index contributed by atoms with van der Waals surface area (Å²) in [5, 5.41) is 13.0. The zero-order chi connectivity index (χ0) is 23.7. The Bertz CT molecular complexity index is 950. The maximum Gasteiger partial charge on any atom is 0.416 e. The van der Waals surface area contributed by atoms with E-state index >= 15 is 0 Å². The fraction of sp³-hybridized carbons (Fsp3) is 0.381. The van der Waals surface area contributed by atoms with Crippen LogP contribution in [0.2, 0.25) is 0 Å². The summed E-state index contributed by atoms with van der Waals surface area (Å²) in [4.78, 5) is 13.7. The van der Waals surface area contributed by atoms with Crippen molar-refractivity contribution in [2.24, 2.45) is 0 Å². The SMILES string of the molecule is COc1cccc(C2(O)CCN(C(=O)Nc3cc(C(F)(F)F)cc(C(F)(F)F)c3)CC2)c1. The number of anilines is 1. The zero-order valence-corrected chi connectivity index (χ0v) is 16.8. The van der Waals surface area contributed by atoms with Gasteiger partial charge in [-0.15, -0.1) is 0 Å². The topological polar surface area (TPSA) is 61.8 Å². The maximum atomic E-state index is 13.0. The van der Waals surface area contributed by atoms with Crippen LogP contribution in [0.1, 0.15) is 29.5 Å². The van der Waals surface area contributed by atoms with Gasteiger partial charge < -0.3 is 20.1 Å². The summed E-state index contributed by atoms with van der Waals surface area (Å²) in [5.41, 5.74) is -4.32. The lowest BCUT2D eigenvalue weighted by atomic mass is 9.84. The highest BCUT2D eigenvalue weighted by molar-refractivity contribution is 5.89. The summed E-state index contributed by atoms with van der Waals surface area (Å²) in [6.07, 6.45) is -9.77. The molecule has 32 heavy (non-hydrogen) atoms. The Kier molecular flexibility index (Phi) is 6.32. The molecule has 2 amide bonds. The Morgan fingerprint density at radius 1 is 1.00 bits per heavy atom. The lowest BCUT2D eigenvalue weighted by molar-refractivity contribution is -0.143. The average molecular weight is 462 g/mol. The van der Waals surface area contributed by atoms with Crippen molar-refractivity contribution in [1.82, 2.24) is 4.90 Å². The largest absolute Gasteiger partial charge is 0.497 e. The van der Waals surface area contributed by atoms with E-state index in [0.717, 1.165) is 0 Å². The Hall–Kier alpha value is -2.95. The van der Waals surface area contributed by atoms with Crippen molar-refractivity contribution in [3.63, 3.8) is 0 Å². The molecular weight excluding hydrogens is 442 g/mol. The second kappa shape index (κ2) is 8.53. The molecule has 0 aromatic heterocycles. The molecule has 1 aliphatic heterocycles. The van der Waals surface area contributed by atoms with Crippen LogP contribution < -0.4 is 10.1 Å². The van der Waals surface area contributed by atoms with Crippen LogP contribution >= 0.6 is 0 Å². The predicted molar refractivity (Wildman–Crippen MR) is 103 cm³/mol. The van der Waals surface area contributed by atoms with Crippen LogP contribution in [0.3, 0.4) is 0 Å². The van der Waals surface area contributed by atoms with Gasteiger partial charge in [0.05, 0.1) is 23.8 Å². The molecule has 3 rings (SSSR count). The molecule has 0 unspecified atom stereocenters. The minimum atomic E-state index is -5.01. The van der Waals surface area contributed by atoms with Crippen molar-refractivity contribution in [2.45, 2.75) is 30.8 Å². The number of piperidine rings is 1. The number of hydrogen-bond donors (Lipinski definition) is 2. The first kappa shape index (κ1) is 23.7. The Morgan fingerprint density at radius 2 is 1.56 bits per heavy atom. The van der Waals surface area contributed by atoms with Gasteiger partial charge in [-0.2, -0.15) is 26.3 Å². The number of amides is 2. The summed E-state index contributed by atoms with van der Waals surface area (Å²) in [6.45, 7) is 0.0925. The van der Waals surface area contributed by atoms with Crippen LogP contribution in [-0.2, 0) is 18.0 Å². The highest BCUT2D eigenvalue weighted by atomic mass is 19.4. The minimum Gasteiger partial charge on any atom is -0.497 e. The number of ether oxygens (including phenoxy) is 1. The molecule has 1 fully saturated rings. The molecule has 1 heterocycles. The van der Waals surface area contributed by atoms with E-state index in [-0.39, 0.29) is 32.0 Å². The normalized spacial score (nSPS) is 16.6. The van der Waals surface area contributed by atoms with Crippen LogP contribution in [0.15, 0.2) is 42.5 Å². The monoisotopic (exact) mass is 462 g/mol. The van der Waals surface area contributed by atoms with Crippen molar-refractivity contribution in [1.29, 1.82) is 0 Å². The molecule has 0 radical (unpaired) electrons. The number of halogens is 6. The Morgan fingerprint density at radius 3 is 2.06 bits per heavy atom. The van der Waals surface area contributed by atoms with Crippen LogP contribution in [0.5, 0.6) is 5.75 Å². The molecular formula is C21H20F6N2O3. The van der Waals surface area contributed by atoms with Gasteiger partial charge in [-0.3, -0.25) is 0 Å². The van der Waals surface area contributed by atoms with E-state index in [4.69, 9.17) is 4.74 Å². The standard InChI is InChI=1S/C21H20F6N2O3/c1-32-17-4-2-3-13(12-17)19(31)5-7-29(8-6-19)18(30)28-16-10-14(20(22,23)24)9-15(11-16)21(25,26)27/h2-4,9-12,31H,5-8H2,1H3,(H,28,30). The molecule has 0 saturated carbocycles. The third-order valence-electron chi connectivity index (χ3n) is 5.32. The fourth-order valence-electron chi connectivity index (χ4n) is 3.51. The van der Waals surface area contributed by atoms with E-state index in [1.807, 2.05) is 0 Å². The number of nitrogens with one attached hydrogen (secondary N) is 1. The number of carbonyl (C=O) groups is 1. The van der Waals surface area contributed by atoms with Gasteiger partial charge >= 0.3 is 18.4 Å². The molecule has 1 aliphatic rings. The molecule has 2 aromatic carbocycles. The Labute approximate surface area is 179 Å². The van der Waals surface area contributed by atoms with Gasteiger partial charge in [0.1, 0.15) is 5.75 Å². The van der Waals surface area contributed by atoms with Gasteiger partial charge in [0.15, 0.2) is 0 Å². The fourth-order valence-corrected chi connectivity index (χ4v) is 3.51. The lowest BCUT2D eigenvalue weighted by Crippen LogP contribution is -2.46. The van der Waals surface area contributed by atoms with Crippen molar-refractivity contribution in [2.75, 3.05) is 25.5 Å². The Balaban J connectivity index is 1.73. The molecule has 174 valence electrons. The van der Waals surface area contributed by atoms with Crippen molar-refractivity contribution in [3.8, 4) is 5.75 Å². The van der Waals surface area contributed by atoms with Gasteiger partial charge in [0, 0.05) is 18.8 Å². The predicted octanol–water partition coefficient (Wildman–Crippen LogP) is 5.25. The summed E-state index contributed by atoms with van der Waals surface area (Å²) in [7, 11) is 1.48. The molecule has 2 aromatic rings. The van der Waals surface area contributed by atoms with Gasteiger partial charge in [-0.1, -0.05) is 12.1 Å². The number of alkyl halides is 6. The summed E-state index contributed by atoms with van der Waals surface area (Å²) in [5.74, 6) is 0.543. The zero-order valence-electron chi connectivity index (χ0n) is 16.8. The minimum absolute atomic E-state index is 0.00913. The highest BCUT2D eigenvalue weighted by Crippen LogP contribution is 2.38. The smallest absolute Gasteiger partial charge is 0.416 e. The van der Waals surface area contributed by atoms with E-state index < -0.39 is 40.8 Å². The van der Waals surface area contributed by atoms with Gasteiger partial charge in [-0.25, -0.2) is 4.79 Å². The van der Waals surface area contributed by atoms with Crippen LogP contribution in [0, 0.1) is 0 Å². The number of rotatable bonds is 3. The van der Waals surface area contributed by atoms with Crippen LogP contribution in [0.25, 0.3) is 0 Å². The van der Waals surface area contributed by atoms with Crippen molar-refractivity contribution < 1.29 is 41.0 Å². The lowest BCUT2D eigenvalue weighted by Gasteiger charge is -2.38. The molecule has 11 heteroatoms. The number of likely N-dealkylation sites (tertiary alicyclic amines) is 1. The first-order valence-electron chi connectivity index (χ1n) is 9.54. The van der Waals surface area contributed by atoms with Crippen molar-refractivity contribution >= 4 is 11.7 Å². The number of nitrogens with zero attached hydrogens (tertiary/aromatic N) is 1. The maximum absolute atomic E-state index is 13.0. The number of urea groups is 1. The molecule has 5 nitrogen and oxygen atoms in total. The first-order chi connectivity index (χ1) is 14.8. The third kappa shape index (κ3) is 5.26. The van der Waals surface area contributed by atoms with Gasteiger partial charge in [0.2, 0.25) is 0 Å². The van der Waals surface area contributed by atoms with E-state index in [9.17, 15) is 36.2 Å². The number of hydrogen-bond acceptors (Lipinski definition) is 3. The van der Waals surface area contributed by atoms with E-state index in [0.29, 0.717) is 23.4 Å². The quantitative estimate of drug-likeness (QED) is 0.613. The average Bonchev–Trinajstić information content (AvgIpc) is 2.72. The summed E-state index contributed by atoms with van der Waals surface area (Å²) < 4.78 is 83.1. The second-order valence-corrected chi connectivity index (χ2v) is 7.48. The third-order valence-corrected chi connectivity index (χ3v) is 5.32. The van der Waals surface area contributed by atoms with Gasteiger partial charge in [0.25, 0.3) is 0 Å².